The second-order valence-corrected chi connectivity index (χ2v) is 7.13. The summed E-state index contributed by atoms with van der Waals surface area (Å²) in [4.78, 5) is -0.342. The molecule has 1 aromatic carbocycles. The number of rotatable bonds is 5. The van der Waals surface area contributed by atoms with Crippen LogP contribution in [0.5, 0.6) is 0 Å². The fraction of sp³-hybridized carbons (Fsp3) is 0.538. The average Bonchev–Trinajstić information content (AvgIpc) is 2.92. The first-order valence-corrected chi connectivity index (χ1v) is 8.46. The number of sulfonamides is 1. The van der Waals surface area contributed by atoms with E-state index in [-0.39, 0.29) is 28.4 Å². The van der Waals surface area contributed by atoms with Gasteiger partial charge in [-0.2, -0.15) is 4.31 Å². The molecule has 4 nitrogen and oxygen atoms in total. The molecule has 1 fully saturated rings. The first kappa shape index (κ1) is 18.6. The van der Waals surface area contributed by atoms with Crippen LogP contribution in [-0.4, -0.2) is 38.4 Å². The van der Waals surface area contributed by atoms with Crippen LogP contribution < -0.4 is 5.32 Å². The minimum atomic E-state index is -3.87. The van der Waals surface area contributed by atoms with Gasteiger partial charge in [0.05, 0.1) is 0 Å². The first-order chi connectivity index (χ1) is 9.46. The van der Waals surface area contributed by atoms with Crippen LogP contribution in [0.4, 0.5) is 4.39 Å². The van der Waals surface area contributed by atoms with Crippen LogP contribution in [0.25, 0.3) is 0 Å². The van der Waals surface area contributed by atoms with E-state index >= 15 is 0 Å². The lowest BCUT2D eigenvalue weighted by atomic mass is 10.2. The lowest BCUT2D eigenvalue weighted by molar-refractivity contribution is 0.333. The number of hydrogen-bond donors (Lipinski definition) is 1. The topological polar surface area (TPSA) is 49.4 Å². The third-order valence-corrected chi connectivity index (χ3v) is 5.57. The molecule has 1 aliphatic rings. The summed E-state index contributed by atoms with van der Waals surface area (Å²) in [6.45, 7) is 3.65. The Bertz CT molecular complexity index is 578. The summed E-state index contributed by atoms with van der Waals surface area (Å²) in [5.74, 6) is -0.763. The van der Waals surface area contributed by atoms with Gasteiger partial charge in [-0.1, -0.05) is 18.5 Å². The van der Waals surface area contributed by atoms with Crippen molar-refractivity contribution in [2.45, 2.75) is 30.7 Å². The number of benzene rings is 1. The SMILES string of the molecule is CCCN(C1CCNC1)S(=O)(=O)c1cc(Cl)ccc1F.Cl. The van der Waals surface area contributed by atoms with Gasteiger partial charge in [0.2, 0.25) is 10.0 Å². The summed E-state index contributed by atoms with van der Waals surface area (Å²) in [6, 6.07) is 3.49. The number of halogens is 3. The molecule has 0 radical (unpaired) electrons. The molecule has 120 valence electrons. The minimum Gasteiger partial charge on any atom is -0.315 e. The summed E-state index contributed by atoms with van der Waals surface area (Å²) < 4.78 is 40.6. The van der Waals surface area contributed by atoms with Crippen LogP contribution in [0.15, 0.2) is 23.1 Å². The molecule has 8 heteroatoms. The molecule has 21 heavy (non-hydrogen) atoms. The Morgan fingerprint density at radius 2 is 2.19 bits per heavy atom. The van der Waals surface area contributed by atoms with Crippen molar-refractivity contribution in [1.29, 1.82) is 0 Å². The monoisotopic (exact) mass is 356 g/mol. The zero-order valence-corrected chi connectivity index (χ0v) is 14.1. The molecule has 2 rings (SSSR count). The molecule has 1 atom stereocenters. The van der Waals surface area contributed by atoms with E-state index in [9.17, 15) is 12.8 Å². The van der Waals surface area contributed by atoms with E-state index in [4.69, 9.17) is 11.6 Å². The van der Waals surface area contributed by atoms with Gasteiger partial charge in [0.15, 0.2) is 0 Å². The Balaban J connectivity index is 0.00000220. The largest absolute Gasteiger partial charge is 0.315 e. The molecule has 0 aromatic heterocycles. The summed E-state index contributed by atoms with van der Waals surface area (Å²) in [7, 11) is -3.87. The maximum absolute atomic E-state index is 13.9. The first-order valence-electron chi connectivity index (χ1n) is 6.64. The maximum atomic E-state index is 13.9. The maximum Gasteiger partial charge on any atom is 0.246 e. The third kappa shape index (κ3) is 4.07. The molecular formula is C13H19Cl2FN2O2S. The second kappa shape index (κ2) is 7.74. The van der Waals surface area contributed by atoms with Gasteiger partial charge < -0.3 is 5.32 Å². The van der Waals surface area contributed by atoms with Crippen LogP contribution in [0.3, 0.4) is 0 Å². The molecular weight excluding hydrogens is 338 g/mol. The normalized spacial score (nSPS) is 18.8. The molecule has 1 saturated heterocycles. The Morgan fingerprint density at radius 1 is 1.48 bits per heavy atom. The van der Waals surface area contributed by atoms with E-state index < -0.39 is 15.8 Å². The van der Waals surface area contributed by atoms with E-state index in [0.717, 1.165) is 19.0 Å². The fourth-order valence-corrected chi connectivity index (χ4v) is 4.48. The summed E-state index contributed by atoms with van der Waals surface area (Å²) in [5, 5.41) is 3.35. The molecule has 0 bridgehead atoms. The lowest BCUT2D eigenvalue weighted by Gasteiger charge is -2.27. The van der Waals surface area contributed by atoms with Crippen LogP contribution in [0.1, 0.15) is 19.8 Å². The Morgan fingerprint density at radius 3 is 2.76 bits per heavy atom. The summed E-state index contributed by atoms with van der Waals surface area (Å²) in [6.07, 6.45) is 1.42. The van der Waals surface area contributed by atoms with Crippen molar-refractivity contribution in [3.8, 4) is 0 Å². The quantitative estimate of drug-likeness (QED) is 0.882. The van der Waals surface area contributed by atoms with E-state index in [0.29, 0.717) is 19.5 Å². The minimum absolute atomic E-state index is 0. The van der Waals surface area contributed by atoms with Gasteiger partial charge in [0.1, 0.15) is 10.7 Å². The summed E-state index contributed by atoms with van der Waals surface area (Å²) >= 11 is 5.80. The highest BCUT2D eigenvalue weighted by atomic mass is 35.5. The van der Waals surface area contributed by atoms with Crippen molar-refractivity contribution < 1.29 is 12.8 Å². The van der Waals surface area contributed by atoms with Crippen molar-refractivity contribution >= 4 is 34.0 Å². The van der Waals surface area contributed by atoms with Crippen LogP contribution in [0, 0.1) is 5.82 Å². The second-order valence-electron chi connectivity index (χ2n) is 4.84. The highest BCUT2D eigenvalue weighted by Crippen LogP contribution is 2.26. The predicted molar refractivity (Wildman–Crippen MR) is 84.1 cm³/mol. The van der Waals surface area contributed by atoms with Gasteiger partial charge in [0.25, 0.3) is 0 Å². The molecule has 1 aliphatic heterocycles. The molecule has 0 spiro atoms. The molecule has 1 aromatic rings. The zero-order valence-electron chi connectivity index (χ0n) is 11.7. The molecule has 1 heterocycles. The number of nitrogens with zero attached hydrogens (tertiary/aromatic N) is 1. The average molecular weight is 357 g/mol. The highest BCUT2D eigenvalue weighted by Gasteiger charge is 2.34. The molecule has 0 saturated carbocycles. The Kier molecular flexibility index (Phi) is 6.87. The van der Waals surface area contributed by atoms with Crippen LogP contribution >= 0.6 is 24.0 Å². The smallest absolute Gasteiger partial charge is 0.246 e. The van der Waals surface area contributed by atoms with Gasteiger partial charge >= 0.3 is 0 Å². The molecule has 1 unspecified atom stereocenters. The Labute approximate surface area is 136 Å². The van der Waals surface area contributed by atoms with Crippen molar-refractivity contribution in [1.82, 2.24) is 9.62 Å². The third-order valence-electron chi connectivity index (χ3n) is 3.37. The molecule has 0 aliphatic carbocycles. The van der Waals surface area contributed by atoms with Crippen LogP contribution in [-0.2, 0) is 10.0 Å². The molecule has 1 N–H and O–H groups in total. The van der Waals surface area contributed by atoms with E-state index in [1.54, 1.807) is 0 Å². The van der Waals surface area contributed by atoms with Gasteiger partial charge in [-0.15, -0.1) is 12.4 Å². The van der Waals surface area contributed by atoms with Crippen molar-refractivity contribution in [2.24, 2.45) is 0 Å². The van der Waals surface area contributed by atoms with Gasteiger partial charge in [-0.3, -0.25) is 0 Å². The van der Waals surface area contributed by atoms with Crippen molar-refractivity contribution in [2.75, 3.05) is 19.6 Å². The van der Waals surface area contributed by atoms with Gasteiger partial charge in [0, 0.05) is 24.2 Å². The molecule has 0 amide bonds. The van der Waals surface area contributed by atoms with Crippen LogP contribution in [0.2, 0.25) is 5.02 Å². The van der Waals surface area contributed by atoms with Crippen molar-refractivity contribution in [3.05, 3.63) is 29.0 Å². The van der Waals surface area contributed by atoms with E-state index in [1.165, 1.54) is 16.4 Å². The predicted octanol–water partition coefficient (Wildman–Crippen LogP) is 2.66. The van der Waals surface area contributed by atoms with E-state index in [1.807, 2.05) is 6.92 Å². The van der Waals surface area contributed by atoms with Gasteiger partial charge in [-0.25, -0.2) is 12.8 Å². The van der Waals surface area contributed by atoms with Gasteiger partial charge in [-0.05, 0) is 37.6 Å². The summed E-state index contributed by atoms with van der Waals surface area (Å²) in [5.41, 5.74) is 0. The lowest BCUT2D eigenvalue weighted by Crippen LogP contribution is -2.42. The highest BCUT2D eigenvalue weighted by molar-refractivity contribution is 7.89. The standard InChI is InChI=1S/C13H18ClFN2O2S.ClH/c1-2-7-17(11-5-6-16-9-11)20(18,19)13-8-10(14)3-4-12(13)15;/h3-4,8,11,16H,2,5-7,9H2,1H3;1H. The Hall–Kier alpha value is -0.400. The number of nitrogens with one attached hydrogen (secondary N) is 1. The fourth-order valence-electron chi connectivity index (χ4n) is 2.41. The van der Waals surface area contributed by atoms with E-state index in [2.05, 4.69) is 5.32 Å². The zero-order chi connectivity index (χ0) is 14.8. The number of hydrogen-bond acceptors (Lipinski definition) is 3. The van der Waals surface area contributed by atoms with Crippen molar-refractivity contribution in [3.63, 3.8) is 0 Å².